The van der Waals surface area contributed by atoms with Crippen LogP contribution in [0.4, 0.5) is 0 Å². The molecule has 0 saturated heterocycles. The van der Waals surface area contributed by atoms with E-state index in [1.807, 2.05) is 6.49 Å². The van der Waals surface area contributed by atoms with E-state index in [0.717, 1.165) is 0 Å². The summed E-state index contributed by atoms with van der Waals surface area (Å²) in [4.78, 5) is 0. The molecule has 3 heteroatoms. The summed E-state index contributed by atoms with van der Waals surface area (Å²) in [5.74, 6) is 0. The van der Waals surface area contributed by atoms with Crippen molar-refractivity contribution < 1.29 is 46.1 Å². The standard InChI is InChI=1S/C25H25.C6H10.C5H5.2ClH.Zr/c1-14-12-24(3,4)22-8-16-7-17-9-23-19(15(2)13-25(23,5)6)11-21(17)20(16)10-18(14)22;1-2-4-6-5-3-1;1-2-4-5-3-1;;;/h7-13H,1-6H3;1-5H2;1-3H,4H2;2*1H;/q;;;;;+2/p-2. The largest absolute Gasteiger partial charge is 1.00 e. The zero-order chi connectivity index (χ0) is 25.7. The predicted molar refractivity (Wildman–Crippen MR) is 157 cm³/mol. The maximum absolute atomic E-state index is 2.69. The van der Waals surface area contributed by atoms with Crippen LogP contribution in [-0.2, 0) is 32.1 Å². The van der Waals surface area contributed by atoms with Gasteiger partial charge in [-0.1, -0.05) is 0 Å². The minimum Gasteiger partial charge on any atom is -1.00 e. The molecule has 0 bridgehead atoms. The van der Waals surface area contributed by atoms with Gasteiger partial charge in [-0.25, -0.2) is 0 Å². The second kappa shape index (κ2) is 10.2. The molecule has 0 N–H and O–H groups in total. The molecule has 0 amide bonds. The van der Waals surface area contributed by atoms with E-state index >= 15 is 0 Å². The van der Waals surface area contributed by atoms with Gasteiger partial charge < -0.3 is 24.8 Å². The van der Waals surface area contributed by atoms with Gasteiger partial charge in [0, 0.05) is 0 Å². The predicted octanol–water partition coefficient (Wildman–Crippen LogP) is 3.75. The number of halogens is 2. The van der Waals surface area contributed by atoms with E-state index in [2.05, 4.69) is 96.2 Å². The monoisotopic (exact) mass is 632 g/mol. The number of allylic oxidation sites excluding steroid dienone is 8. The Morgan fingerprint density at radius 2 is 1.21 bits per heavy atom. The van der Waals surface area contributed by atoms with Crippen molar-refractivity contribution in [3.63, 3.8) is 0 Å². The van der Waals surface area contributed by atoms with E-state index < -0.39 is 21.3 Å². The van der Waals surface area contributed by atoms with Gasteiger partial charge in [-0.05, 0) is 0 Å². The minimum atomic E-state index is -2.18. The molecule has 0 unspecified atom stereocenters. The molecule has 0 spiro atoms. The number of rotatable bonds is 2. The minimum absolute atomic E-state index is 0. The van der Waals surface area contributed by atoms with Crippen molar-refractivity contribution in [2.45, 2.75) is 94.5 Å². The molecule has 2 aromatic carbocycles. The summed E-state index contributed by atoms with van der Waals surface area (Å²) in [7, 11) is 0. The molecule has 0 radical (unpaired) electrons. The molecule has 0 atom stereocenters. The van der Waals surface area contributed by atoms with Crippen LogP contribution in [0.25, 0.3) is 22.3 Å². The SMILES string of the molecule is CC1=CC(C)(C)c2cc3c(cc21)-c1cc2c(cc1[CH]3[Zr+2]([C]1=CC=CC1)=[C]1CCCCC1)C(C)(C)C=C2C.[Cl-].[Cl-]. The van der Waals surface area contributed by atoms with Crippen LogP contribution < -0.4 is 24.8 Å². The molecule has 0 aromatic heterocycles. The van der Waals surface area contributed by atoms with E-state index in [4.69, 9.17) is 0 Å². The van der Waals surface area contributed by atoms with Gasteiger partial charge in [-0.2, -0.15) is 0 Å². The van der Waals surface area contributed by atoms with E-state index in [9.17, 15) is 0 Å². The summed E-state index contributed by atoms with van der Waals surface area (Å²) in [6.45, 7) is 14.3. The van der Waals surface area contributed by atoms with Crippen LogP contribution in [0.5, 0.6) is 0 Å². The Morgan fingerprint density at radius 3 is 1.67 bits per heavy atom. The Hall–Kier alpha value is -1.27. The van der Waals surface area contributed by atoms with E-state index in [-0.39, 0.29) is 35.6 Å². The molecule has 2 aromatic rings. The molecular weight excluding hydrogens is 595 g/mol. The van der Waals surface area contributed by atoms with E-state index in [1.165, 1.54) is 60.8 Å². The van der Waals surface area contributed by atoms with Crippen molar-refractivity contribution in [2.24, 2.45) is 0 Å². The van der Waals surface area contributed by atoms with Crippen molar-refractivity contribution in [1.29, 1.82) is 0 Å². The summed E-state index contributed by atoms with van der Waals surface area (Å²) < 4.78 is 4.47. The Balaban J connectivity index is 0.00000154. The van der Waals surface area contributed by atoms with Gasteiger partial charge in [-0.3, -0.25) is 0 Å². The average Bonchev–Trinajstić information content (AvgIpc) is 3.59. The van der Waals surface area contributed by atoms with Gasteiger partial charge in [0.25, 0.3) is 0 Å². The normalized spacial score (nSPS) is 20.9. The summed E-state index contributed by atoms with van der Waals surface area (Å²) in [5.41, 5.74) is 15.7. The van der Waals surface area contributed by atoms with Crippen molar-refractivity contribution in [2.75, 3.05) is 0 Å². The number of hydrogen-bond donors (Lipinski definition) is 0. The third kappa shape index (κ3) is 4.46. The maximum Gasteiger partial charge on any atom is -1.00 e. The molecule has 1 saturated carbocycles. The zero-order valence-corrected chi connectivity index (χ0v) is 28.2. The van der Waals surface area contributed by atoms with Crippen molar-refractivity contribution in [3.8, 4) is 11.1 Å². The van der Waals surface area contributed by atoms with Crippen LogP contribution in [-0.4, -0.2) is 3.21 Å². The van der Waals surface area contributed by atoms with Gasteiger partial charge in [0.05, 0.1) is 0 Å². The summed E-state index contributed by atoms with van der Waals surface area (Å²) in [6.07, 6.45) is 20.5. The molecule has 5 aliphatic carbocycles. The first-order chi connectivity index (χ1) is 17.7. The molecule has 0 aliphatic heterocycles. The van der Waals surface area contributed by atoms with E-state index in [0.29, 0.717) is 3.63 Å². The van der Waals surface area contributed by atoms with Crippen molar-refractivity contribution >= 4 is 14.4 Å². The molecular formula is C36H40Cl2Zr. The van der Waals surface area contributed by atoms with Gasteiger partial charge in [0.2, 0.25) is 0 Å². The van der Waals surface area contributed by atoms with Gasteiger partial charge >= 0.3 is 233 Å². The number of benzene rings is 2. The van der Waals surface area contributed by atoms with Crippen LogP contribution in [0, 0.1) is 0 Å². The Bertz CT molecular complexity index is 1450. The second-order valence-corrected chi connectivity index (χ2v) is 20.2. The first-order valence-electron chi connectivity index (χ1n) is 14.5. The van der Waals surface area contributed by atoms with Crippen LogP contribution >= 0.6 is 0 Å². The second-order valence-electron chi connectivity index (χ2n) is 13.4. The zero-order valence-electron chi connectivity index (χ0n) is 24.3. The Morgan fingerprint density at radius 1 is 0.692 bits per heavy atom. The van der Waals surface area contributed by atoms with Gasteiger partial charge in [0.1, 0.15) is 0 Å². The third-order valence-electron chi connectivity index (χ3n) is 9.93. The van der Waals surface area contributed by atoms with Gasteiger partial charge in [-0.15, -0.1) is 0 Å². The molecule has 1 fully saturated rings. The van der Waals surface area contributed by atoms with Crippen LogP contribution in [0.3, 0.4) is 0 Å². The molecule has 7 rings (SSSR count). The molecule has 5 aliphatic rings. The summed E-state index contributed by atoms with van der Waals surface area (Å²) in [6, 6.07) is 10.6. The Labute approximate surface area is 255 Å². The first-order valence-corrected chi connectivity index (χ1v) is 18.4. The summed E-state index contributed by atoms with van der Waals surface area (Å²) >= 11 is -2.18. The van der Waals surface area contributed by atoms with E-state index in [1.54, 1.807) is 33.4 Å². The maximum atomic E-state index is 2.69. The molecule has 0 nitrogen and oxygen atoms in total. The van der Waals surface area contributed by atoms with Crippen molar-refractivity contribution in [3.05, 3.63) is 91.3 Å². The van der Waals surface area contributed by atoms with Crippen LogP contribution in [0.2, 0.25) is 0 Å². The molecule has 39 heavy (non-hydrogen) atoms. The number of hydrogen-bond acceptors (Lipinski definition) is 0. The summed E-state index contributed by atoms with van der Waals surface area (Å²) in [5, 5.41) is 0. The first kappa shape index (κ1) is 29.2. The number of fused-ring (bicyclic) bond motifs is 5. The van der Waals surface area contributed by atoms with Crippen molar-refractivity contribution in [1.82, 2.24) is 0 Å². The molecule has 202 valence electrons. The Kier molecular flexibility index (Phi) is 7.66. The fourth-order valence-corrected chi connectivity index (χ4v) is 17.7. The smallest absolute Gasteiger partial charge is 1.00 e. The molecule has 0 heterocycles. The quantitative estimate of drug-likeness (QED) is 0.473. The van der Waals surface area contributed by atoms with Gasteiger partial charge in [0.15, 0.2) is 0 Å². The fraction of sp³-hybridized carbons (Fsp3) is 0.417. The fourth-order valence-electron chi connectivity index (χ4n) is 8.28. The van der Waals surface area contributed by atoms with Crippen LogP contribution in [0.15, 0.2) is 57.9 Å². The average molecular weight is 635 g/mol. The topological polar surface area (TPSA) is 0 Å². The third-order valence-corrected chi connectivity index (χ3v) is 18.6. The van der Waals surface area contributed by atoms with Crippen LogP contribution in [0.1, 0.15) is 117 Å².